The Bertz CT molecular complexity index is 756. The molecule has 0 saturated heterocycles. The van der Waals surface area contributed by atoms with Gasteiger partial charge in [-0.1, -0.05) is 83.1 Å². The van der Waals surface area contributed by atoms with Gasteiger partial charge in [0.2, 0.25) is 0 Å². The molecule has 0 fully saturated rings. The van der Waals surface area contributed by atoms with E-state index in [-0.39, 0.29) is 19.4 Å². The van der Waals surface area contributed by atoms with Gasteiger partial charge in [0, 0.05) is 12.8 Å². The second-order valence-electron chi connectivity index (χ2n) is 10.1. The van der Waals surface area contributed by atoms with Crippen LogP contribution in [0.5, 0.6) is 0 Å². The molecule has 3 atom stereocenters. The zero-order valence-corrected chi connectivity index (χ0v) is 26.1. The molecule has 0 aliphatic rings. The lowest BCUT2D eigenvalue weighted by Gasteiger charge is -2.20. The van der Waals surface area contributed by atoms with Crippen LogP contribution in [0.25, 0.3) is 0 Å². The summed E-state index contributed by atoms with van der Waals surface area (Å²) in [7, 11) is -4.59. The Labute approximate surface area is 247 Å². The molecule has 0 radical (unpaired) electrons. The Morgan fingerprint density at radius 1 is 0.732 bits per heavy atom. The highest BCUT2D eigenvalue weighted by Crippen LogP contribution is 2.43. The highest BCUT2D eigenvalue weighted by atomic mass is 31.2. The molecule has 3 unspecified atom stereocenters. The third-order valence-electron chi connectivity index (χ3n) is 6.11. The summed E-state index contributed by atoms with van der Waals surface area (Å²) in [5.41, 5.74) is 0. The molecule has 0 bridgehead atoms. The fourth-order valence-corrected chi connectivity index (χ4v) is 4.43. The zero-order valence-electron chi connectivity index (χ0n) is 25.3. The molecule has 41 heavy (non-hydrogen) atoms. The lowest BCUT2D eigenvalue weighted by molar-refractivity contribution is -0.161. The van der Waals surface area contributed by atoms with Gasteiger partial charge in [0.15, 0.2) is 6.10 Å². The molecule has 0 aromatic carbocycles. The fraction of sp³-hybridized carbons (Fsp3) is 0.800. The van der Waals surface area contributed by atoms with Gasteiger partial charge in [-0.05, 0) is 44.9 Å². The van der Waals surface area contributed by atoms with Crippen LogP contribution in [-0.4, -0.2) is 65.7 Å². The molecule has 11 heteroatoms. The molecule has 0 aromatic rings. The fourth-order valence-electron chi connectivity index (χ4n) is 3.65. The third-order valence-corrected chi connectivity index (χ3v) is 7.06. The highest BCUT2D eigenvalue weighted by molar-refractivity contribution is 7.47. The topological polar surface area (TPSA) is 149 Å². The first-order valence-electron chi connectivity index (χ1n) is 15.3. The first kappa shape index (κ1) is 39.5. The number of rotatable bonds is 28. The van der Waals surface area contributed by atoms with Crippen LogP contribution in [0.3, 0.4) is 0 Å². The van der Waals surface area contributed by atoms with Crippen LogP contribution in [0, 0.1) is 0 Å². The summed E-state index contributed by atoms with van der Waals surface area (Å²) in [4.78, 5) is 33.9. The Balaban J connectivity index is 4.25. The van der Waals surface area contributed by atoms with Crippen LogP contribution in [-0.2, 0) is 32.7 Å². The Morgan fingerprint density at radius 3 is 1.93 bits per heavy atom. The van der Waals surface area contributed by atoms with E-state index in [1.54, 1.807) is 0 Å². The number of esters is 2. The Kier molecular flexibility index (Phi) is 26.3. The van der Waals surface area contributed by atoms with Gasteiger partial charge in [-0.25, -0.2) is 4.57 Å². The summed E-state index contributed by atoms with van der Waals surface area (Å²) >= 11 is 0. The maximum absolute atomic E-state index is 12.3. The number of phosphoric acid groups is 1. The molecule has 0 rings (SSSR count). The first-order chi connectivity index (χ1) is 19.7. The number of carbonyl (C=O) groups is 2. The summed E-state index contributed by atoms with van der Waals surface area (Å²) in [6, 6.07) is 0. The van der Waals surface area contributed by atoms with Crippen molar-refractivity contribution in [3.05, 3.63) is 24.3 Å². The molecular weight excluding hydrogens is 551 g/mol. The van der Waals surface area contributed by atoms with Crippen LogP contribution >= 0.6 is 7.82 Å². The van der Waals surface area contributed by atoms with Crippen LogP contribution in [0.1, 0.15) is 117 Å². The molecule has 10 nitrogen and oxygen atoms in total. The van der Waals surface area contributed by atoms with Crippen molar-refractivity contribution in [1.29, 1.82) is 0 Å². The molecule has 0 saturated carbocycles. The van der Waals surface area contributed by atoms with E-state index in [2.05, 4.69) is 35.8 Å². The van der Waals surface area contributed by atoms with Gasteiger partial charge in [-0.3, -0.25) is 18.6 Å². The van der Waals surface area contributed by atoms with Gasteiger partial charge in [-0.2, -0.15) is 0 Å². The van der Waals surface area contributed by atoms with Crippen LogP contribution < -0.4 is 0 Å². The van der Waals surface area contributed by atoms with E-state index in [0.717, 1.165) is 44.9 Å². The second kappa shape index (κ2) is 27.3. The highest BCUT2D eigenvalue weighted by Gasteiger charge is 2.27. The minimum Gasteiger partial charge on any atom is -0.462 e. The lowest BCUT2D eigenvalue weighted by atomic mass is 10.1. The second-order valence-corrected chi connectivity index (χ2v) is 11.6. The smallest absolute Gasteiger partial charge is 0.462 e. The molecular formula is C30H55O10P. The number of ether oxygens (including phenoxy) is 2. The number of unbranched alkanes of at least 4 members (excludes halogenated alkanes) is 10. The molecule has 0 spiro atoms. The molecule has 0 amide bonds. The van der Waals surface area contributed by atoms with Crippen LogP contribution in [0.15, 0.2) is 24.3 Å². The number of hydrogen-bond donors (Lipinski definition) is 3. The van der Waals surface area contributed by atoms with E-state index >= 15 is 0 Å². The molecule has 0 aromatic heterocycles. The number of phosphoric ester groups is 1. The van der Waals surface area contributed by atoms with Crippen molar-refractivity contribution in [3.8, 4) is 0 Å². The van der Waals surface area contributed by atoms with Crippen molar-refractivity contribution in [3.63, 3.8) is 0 Å². The van der Waals surface area contributed by atoms with Crippen molar-refractivity contribution in [1.82, 2.24) is 0 Å². The molecule has 0 aliphatic heterocycles. The van der Waals surface area contributed by atoms with Crippen LogP contribution in [0.2, 0.25) is 0 Å². The molecule has 0 heterocycles. The van der Waals surface area contributed by atoms with Gasteiger partial charge in [0.25, 0.3) is 0 Å². The average Bonchev–Trinajstić information content (AvgIpc) is 2.95. The Morgan fingerprint density at radius 2 is 1.29 bits per heavy atom. The number of aliphatic hydroxyl groups is 2. The van der Waals surface area contributed by atoms with E-state index in [4.69, 9.17) is 19.1 Å². The largest absolute Gasteiger partial charge is 0.472 e. The van der Waals surface area contributed by atoms with Gasteiger partial charge >= 0.3 is 19.8 Å². The average molecular weight is 607 g/mol. The van der Waals surface area contributed by atoms with Crippen molar-refractivity contribution in [2.24, 2.45) is 0 Å². The molecule has 240 valence electrons. The zero-order chi connectivity index (χ0) is 30.6. The van der Waals surface area contributed by atoms with Crippen molar-refractivity contribution in [2.45, 2.75) is 129 Å². The van der Waals surface area contributed by atoms with E-state index < -0.39 is 51.8 Å². The summed E-state index contributed by atoms with van der Waals surface area (Å²) < 4.78 is 31.9. The third kappa shape index (κ3) is 27.1. The monoisotopic (exact) mass is 606 g/mol. The van der Waals surface area contributed by atoms with E-state index in [9.17, 15) is 24.2 Å². The minimum atomic E-state index is -4.59. The minimum absolute atomic E-state index is 0.168. The summed E-state index contributed by atoms with van der Waals surface area (Å²) in [6.45, 7) is 2.02. The van der Waals surface area contributed by atoms with E-state index in [0.29, 0.717) is 12.8 Å². The summed E-state index contributed by atoms with van der Waals surface area (Å²) in [5.74, 6) is -0.986. The number of hydrogen-bond acceptors (Lipinski definition) is 9. The van der Waals surface area contributed by atoms with Gasteiger partial charge in [0.05, 0.1) is 19.8 Å². The summed E-state index contributed by atoms with van der Waals surface area (Å²) in [6.07, 6.45) is 21.4. The van der Waals surface area contributed by atoms with Crippen LogP contribution in [0.4, 0.5) is 0 Å². The Hall–Kier alpha value is -1.55. The SMILES string of the molecule is CCCCCC/C=C\C/C=C\CCCCCCCC(=O)OC(COC(=O)CCCC)COP(=O)(O)OCC(O)CO. The number of allylic oxidation sites excluding steroid dienone is 4. The quantitative estimate of drug-likeness (QED) is 0.0400. The standard InChI is InChI=1S/C30H55O10P/c1-3-5-7-8-9-10-11-12-13-14-15-16-17-18-19-20-22-30(34)40-28(25-37-29(33)21-6-4-2)26-39-41(35,36)38-24-27(32)23-31/h10-11,13-14,27-28,31-32H,3-9,12,15-26H2,1-2H3,(H,35,36)/b11-10-,14-13-. The molecule has 0 aliphatic carbocycles. The van der Waals surface area contributed by atoms with Crippen molar-refractivity contribution < 1.29 is 47.8 Å². The normalized spacial score (nSPS) is 14.8. The van der Waals surface area contributed by atoms with Gasteiger partial charge < -0.3 is 24.6 Å². The summed E-state index contributed by atoms with van der Waals surface area (Å²) in [5, 5.41) is 18.1. The van der Waals surface area contributed by atoms with Crippen molar-refractivity contribution in [2.75, 3.05) is 26.4 Å². The predicted octanol–water partition coefficient (Wildman–Crippen LogP) is 6.32. The number of carbonyl (C=O) groups excluding carboxylic acids is 2. The maximum atomic E-state index is 12.3. The molecule has 3 N–H and O–H groups in total. The maximum Gasteiger partial charge on any atom is 0.472 e. The lowest BCUT2D eigenvalue weighted by Crippen LogP contribution is -2.29. The van der Waals surface area contributed by atoms with E-state index in [1.807, 2.05) is 6.92 Å². The predicted molar refractivity (Wildman–Crippen MR) is 159 cm³/mol. The van der Waals surface area contributed by atoms with Gasteiger partial charge in [0.1, 0.15) is 12.7 Å². The first-order valence-corrected chi connectivity index (χ1v) is 16.8. The van der Waals surface area contributed by atoms with Crippen molar-refractivity contribution >= 4 is 19.8 Å². The van der Waals surface area contributed by atoms with Gasteiger partial charge in [-0.15, -0.1) is 0 Å². The van der Waals surface area contributed by atoms with E-state index in [1.165, 1.54) is 32.1 Å². The number of aliphatic hydroxyl groups excluding tert-OH is 2.